The van der Waals surface area contributed by atoms with Gasteiger partial charge in [0.2, 0.25) is 0 Å². The number of nitrogens with zero attached hydrogens (tertiary/aromatic N) is 1. The van der Waals surface area contributed by atoms with E-state index in [4.69, 9.17) is 16.7 Å². The third-order valence-corrected chi connectivity index (χ3v) is 5.88. The molecule has 1 N–H and O–H groups in total. The zero-order chi connectivity index (χ0) is 17.8. The van der Waals surface area contributed by atoms with Gasteiger partial charge in [-0.15, -0.1) is 0 Å². The van der Waals surface area contributed by atoms with Gasteiger partial charge in [0.25, 0.3) is 0 Å². The zero-order valence-electron chi connectivity index (χ0n) is 14.0. The molecule has 1 unspecified atom stereocenters. The number of carboxylic acids is 1. The molecule has 0 spiro atoms. The van der Waals surface area contributed by atoms with E-state index in [2.05, 4.69) is 24.0 Å². The van der Waals surface area contributed by atoms with E-state index in [0.717, 1.165) is 17.7 Å². The number of hydrogen-bond donors (Lipinski definition) is 1. The fourth-order valence-corrected chi connectivity index (χ4v) is 4.69. The Balaban J connectivity index is 2.03. The minimum atomic E-state index is -0.752. The van der Waals surface area contributed by atoms with Crippen molar-refractivity contribution in [1.82, 2.24) is 4.90 Å². The molecule has 2 aromatic rings. The predicted molar refractivity (Wildman–Crippen MR) is 105 cm³/mol. The Kier molecular flexibility index (Phi) is 5.71. The summed E-state index contributed by atoms with van der Waals surface area (Å²) in [5, 5.41) is 9.91. The van der Waals surface area contributed by atoms with Gasteiger partial charge in [-0.2, -0.15) is 0 Å². The number of halogens is 1. The summed E-state index contributed by atoms with van der Waals surface area (Å²) >= 11 is 7.79. The first-order chi connectivity index (χ1) is 12.1. The molecule has 0 aliphatic carbocycles. The van der Waals surface area contributed by atoms with E-state index in [1.54, 1.807) is 11.8 Å². The fourth-order valence-electron chi connectivity index (χ4n) is 3.05. The highest BCUT2D eigenvalue weighted by atomic mass is 35.5. The van der Waals surface area contributed by atoms with Crippen molar-refractivity contribution in [2.24, 2.45) is 0 Å². The molecule has 130 valence electrons. The van der Waals surface area contributed by atoms with E-state index in [1.165, 1.54) is 10.6 Å². The van der Waals surface area contributed by atoms with Gasteiger partial charge in [0.15, 0.2) is 0 Å². The average Bonchev–Trinajstić information content (AvgIpc) is 3.00. The minimum absolute atomic E-state index is 0.127. The van der Waals surface area contributed by atoms with Gasteiger partial charge in [-0.25, -0.2) is 0 Å². The summed E-state index contributed by atoms with van der Waals surface area (Å²) in [6, 6.07) is 18.1. The van der Waals surface area contributed by atoms with Gasteiger partial charge in [-0.05, 0) is 36.6 Å². The summed E-state index contributed by atoms with van der Waals surface area (Å²) in [6.07, 6.45) is 0.783. The molecule has 0 bridgehead atoms. The molecule has 1 heterocycles. The second kappa shape index (κ2) is 7.98. The molecule has 0 saturated heterocycles. The van der Waals surface area contributed by atoms with Crippen molar-refractivity contribution in [1.29, 1.82) is 0 Å². The normalized spacial score (nSPS) is 17.2. The molecule has 1 aliphatic heterocycles. The standard InChI is InChI=1S/C20H20ClNO2S/c1-2-22-17(12-13-18(23)24)25-20(15-8-10-16(21)11-9-15)19(22)14-6-4-3-5-7-14/h3-11,17H,2,12-13H2,1H3,(H,23,24). The Morgan fingerprint density at radius 1 is 1.12 bits per heavy atom. The van der Waals surface area contributed by atoms with Gasteiger partial charge >= 0.3 is 5.97 Å². The van der Waals surface area contributed by atoms with Crippen molar-refractivity contribution in [3.63, 3.8) is 0 Å². The van der Waals surface area contributed by atoms with Gasteiger partial charge in [0.05, 0.1) is 11.1 Å². The van der Waals surface area contributed by atoms with Crippen LogP contribution < -0.4 is 0 Å². The maximum Gasteiger partial charge on any atom is 0.303 e. The molecule has 25 heavy (non-hydrogen) atoms. The molecule has 2 aromatic carbocycles. The van der Waals surface area contributed by atoms with E-state index >= 15 is 0 Å². The maximum absolute atomic E-state index is 11.0. The van der Waals surface area contributed by atoms with Crippen molar-refractivity contribution in [2.75, 3.05) is 6.54 Å². The lowest BCUT2D eigenvalue weighted by molar-refractivity contribution is -0.137. The number of benzene rings is 2. The number of hydrogen-bond acceptors (Lipinski definition) is 3. The Labute approximate surface area is 157 Å². The van der Waals surface area contributed by atoms with E-state index < -0.39 is 5.97 Å². The number of rotatable bonds is 6. The minimum Gasteiger partial charge on any atom is -0.481 e. The summed E-state index contributed by atoms with van der Waals surface area (Å²) in [7, 11) is 0. The van der Waals surface area contributed by atoms with Crippen LogP contribution in [0.25, 0.3) is 10.6 Å². The second-order valence-electron chi connectivity index (χ2n) is 5.84. The summed E-state index contributed by atoms with van der Waals surface area (Å²) in [6.45, 7) is 2.95. The van der Waals surface area contributed by atoms with E-state index in [1.807, 2.05) is 42.5 Å². The van der Waals surface area contributed by atoms with Gasteiger partial charge in [-0.3, -0.25) is 4.79 Å². The first kappa shape index (κ1) is 17.9. The molecule has 0 aromatic heterocycles. The van der Waals surface area contributed by atoms with Crippen LogP contribution in [0.3, 0.4) is 0 Å². The lowest BCUT2D eigenvalue weighted by Gasteiger charge is -2.27. The van der Waals surface area contributed by atoms with E-state index in [-0.39, 0.29) is 11.8 Å². The van der Waals surface area contributed by atoms with Gasteiger partial charge in [0.1, 0.15) is 0 Å². The average molecular weight is 374 g/mol. The molecule has 3 rings (SSSR count). The lowest BCUT2D eigenvalue weighted by Crippen LogP contribution is -2.28. The third-order valence-electron chi connectivity index (χ3n) is 4.20. The van der Waals surface area contributed by atoms with Crippen LogP contribution in [0, 0.1) is 0 Å². The zero-order valence-corrected chi connectivity index (χ0v) is 15.6. The van der Waals surface area contributed by atoms with Gasteiger partial charge < -0.3 is 10.0 Å². The van der Waals surface area contributed by atoms with Crippen LogP contribution in [0.4, 0.5) is 0 Å². The number of carboxylic acid groups (broad SMARTS) is 1. The highest BCUT2D eigenvalue weighted by molar-refractivity contribution is 8.09. The molecular formula is C20H20ClNO2S. The first-order valence-corrected chi connectivity index (χ1v) is 9.56. The Morgan fingerprint density at radius 2 is 1.80 bits per heavy atom. The third kappa shape index (κ3) is 4.02. The number of thioether (sulfide) groups is 1. The largest absolute Gasteiger partial charge is 0.481 e. The highest BCUT2D eigenvalue weighted by Crippen LogP contribution is 2.49. The molecule has 0 saturated carbocycles. The van der Waals surface area contributed by atoms with Crippen molar-refractivity contribution >= 4 is 39.9 Å². The molecule has 0 amide bonds. The van der Waals surface area contributed by atoms with Crippen molar-refractivity contribution in [3.8, 4) is 0 Å². The van der Waals surface area contributed by atoms with Crippen LogP contribution in [-0.2, 0) is 4.79 Å². The van der Waals surface area contributed by atoms with Crippen molar-refractivity contribution in [3.05, 3.63) is 70.7 Å². The maximum atomic E-state index is 11.0. The number of carbonyl (C=O) groups is 1. The Hall–Kier alpha value is -1.91. The van der Waals surface area contributed by atoms with Crippen LogP contribution in [0.5, 0.6) is 0 Å². The fraction of sp³-hybridized carbons (Fsp3) is 0.250. The number of aliphatic carboxylic acids is 1. The monoisotopic (exact) mass is 373 g/mol. The van der Waals surface area contributed by atoms with Gasteiger partial charge in [-0.1, -0.05) is 65.8 Å². The van der Waals surface area contributed by atoms with E-state index in [9.17, 15) is 4.79 Å². The highest BCUT2D eigenvalue weighted by Gasteiger charge is 2.33. The van der Waals surface area contributed by atoms with Crippen LogP contribution in [-0.4, -0.2) is 27.9 Å². The quantitative estimate of drug-likeness (QED) is 0.733. The van der Waals surface area contributed by atoms with Crippen LogP contribution >= 0.6 is 23.4 Å². The summed E-state index contributed by atoms with van der Waals surface area (Å²) in [5.74, 6) is -0.752. The summed E-state index contributed by atoms with van der Waals surface area (Å²) in [5.41, 5.74) is 3.44. The van der Waals surface area contributed by atoms with Crippen LogP contribution in [0.1, 0.15) is 30.9 Å². The predicted octanol–water partition coefficient (Wildman–Crippen LogP) is 5.43. The van der Waals surface area contributed by atoms with Gasteiger partial charge in [0, 0.05) is 22.9 Å². The molecule has 3 nitrogen and oxygen atoms in total. The lowest BCUT2D eigenvalue weighted by atomic mass is 10.1. The van der Waals surface area contributed by atoms with Crippen LogP contribution in [0.15, 0.2) is 54.6 Å². The molecule has 0 radical (unpaired) electrons. The van der Waals surface area contributed by atoms with Crippen LogP contribution in [0.2, 0.25) is 5.02 Å². The topological polar surface area (TPSA) is 40.5 Å². The molecule has 1 atom stereocenters. The molecular weight excluding hydrogens is 354 g/mol. The Morgan fingerprint density at radius 3 is 2.40 bits per heavy atom. The molecule has 0 fully saturated rings. The smallest absolute Gasteiger partial charge is 0.303 e. The summed E-state index contributed by atoms with van der Waals surface area (Å²) in [4.78, 5) is 14.5. The second-order valence-corrected chi connectivity index (χ2v) is 7.47. The Bertz CT molecular complexity index is 774. The first-order valence-electron chi connectivity index (χ1n) is 8.31. The molecule has 1 aliphatic rings. The van der Waals surface area contributed by atoms with Crippen molar-refractivity contribution in [2.45, 2.75) is 25.1 Å². The summed E-state index contributed by atoms with van der Waals surface area (Å²) < 4.78 is 0. The SMILES string of the molecule is CCN1C(c2ccccc2)=C(c2ccc(Cl)cc2)SC1CCC(=O)O. The van der Waals surface area contributed by atoms with Crippen molar-refractivity contribution < 1.29 is 9.90 Å². The van der Waals surface area contributed by atoms with E-state index in [0.29, 0.717) is 11.4 Å². The molecule has 5 heteroatoms.